The third kappa shape index (κ3) is 3.26. The molecule has 1 aliphatic heterocycles. The Morgan fingerprint density at radius 1 is 1.26 bits per heavy atom. The Hall–Kier alpha value is -1.56. The fraction of sp³-hybridized carbons (Fsp3) is 0.462. The van der Waals surface area contributed by atoms with Crippen molar-refractivity contribution in [1.29, 1.82) is 0 Å². The van der Waals surface area contributed by atoms with E-state index in [1.807, 2.05) is 0 Å². The average molecular weight is 273 g/mol. The molecule has 0 amide bonds. The SMILES string of the molecule is CC(=O)OC1CCNC(c2cc(F)c(F)cc2F)C1. The lowest BCUT2D eigenvalue weighted by atomic mass is 9.95. The van der Waals surface area contributed by atoms with Crippen LogP contribution in [0.25, 0.3) is 0 Å². The molecule has 1 fully saturated rings. The summed E-state index contributed by atoms with van der Waals surface area (Å²) in [6, 6.07) is 0.883. The molecule has 0 radical (unpaired) electrons. The number of hydrogen-bond donors (Lipinski definition) is 1. The van der Waals surface area contributed by atoms with Gasteiger partial charge < -0.3 is 10.1 Å². The van der Waals surface area contributed by atoms with Crippen LogP contribution in [0, 0.1) is 17.5 Å². The second-order valence-electron chi connectivity index (χ2n) is 4.55. The number of rotatable bonds is 2. The van der Waals surface area contributed by atoms with E-state index in [2.05, 4.69) is 5.32 Å². The summed E-state index contributed by atoms with van der Waals surface area (Å²) in [5.74, 6) is -3.52. The Kier molecular flexibility index (Phi) is 4.09. The van der Waals surface area contributed by atoms with Crippen LogP contribution in [0.3, 0.4) is 0 Å². The highest BCUT2D eigenvalue weighted by molar-refractivity contribution is 5.66. The van der Waals surface area contributed by atoms with Crippen molar-refractivity contribution in [1.82, 2.24) is 5.32 Å². The van der Waals surface area contributed by atoms with Gasteiger partial charge in [0.2, 0.25) is 0 Å². The third-order valence-corrected chi connectivity index (χ3v) is 3.10. The Balaban J connectivity index is 2.17. The monoisotopic (exact) mass is 273 g/mol. The van der Waals surface area contributed by atoms with E-state index >= 15 is 0 Å². The van der Waals surface area contributed by atoms with Gasteiger partial charge in [-0.1, -0.05) is 0 Å². The molecule has 19 heavy (non-hydrogen) atoms. The highest BCUT2D eigenvalue weighted by Gasteiger charge is 2.27. The van der Waals surface area contributed by atoms with Gasteiger partial charge in [-0.25, -0.2) is 13.2 Å². The first kappa shape index (κ1) is 13.9. The van der Waals surface area contributed by atoms with Crippen molar-refractivity contribution < 1.29 is 22.7 Å². The summed E-state index contributed by atoms with van der Waals surface area (Å²) >= 11 is 0. The van der Waals surface area contributed by atoms with Gasteiger partial charge in [0.15, 0.2) is 11.6 Å². The molecule has 0 aromatic heterocycles. The van der Waals surface area contributed by atoms with Crippen LogP contribution >= 0.6 is 0 Å². The Bertz CT molecular complexity index is 493. The predicted molar refractivity (Wildman–Crippen MR) is 61.8 cm³/mol. The Labute approximate surface area is 108 Å². The van der Waals surface area contributed by atoms with Crippen molar-refractivity contribution in [3.05, 3.63) is 35.1 Å². The van der Waals surface area contributed by atoms with Gasteiger partial charge in [-0.05, 0) is 19.0 Å². The minimum absolute atomic E-state index is 0.0516. The van der Waals surface area contributed by atoms with E-state index in [9.17, 15) is 18.0 Å². The van der Waals surface area contributed by atoms with Crippen molar-refractivity contribution in [3.63, 3.8) is 0 Å². The van der Waals surface area contributed by atoms with Crippen molar-refractivity contribution in [2.45, 2.75) is 31.9 Å². The smallest absolute Gasteiger partial charge is 0.302 e. The summed E-state index contributed by atoms with van der Waals surface area (Å²) in [5.41, 5.74) is 0.0516. The number of carbonyl (C=O) groups excluding carboxylic acids is 1. The first-order valence-electron chi connectivity index (χ1n) is 6.02. The molecule has 1 N–H and O–H groups in total. The van der Waals surface area contributed by atoms with E-state index < -0.39 is 29.5 Å². The van der Waals surface area contributed by atoms with Gasteiger partial charge in [0.05, 0.1) is 0 Å². The molecule has 1 aromatic carbocycles. The minimum atomic E-state index is -1.21. The van der Waals surface area contributed by atoms with Crippen LogP contribution in [0.15, 0.2) is 12.1 Å². The van der Waals surface area contributed by atoms with Crippen molar-refractivity contribution >= 4 is 5.97 Å². The number of piperidine rings is 1. The summed E-state index contributed by atoms with van der Waals surface area (Å²) in [6.45, 7) is 1.82. The van der Waals surface area contributed by atoms with E-state index in [0.717, 1.165) is 6.07 Å². The van der Waals surface area contributed by atoms with Crippen LogP contribution in [0.4, 0.5) is 13.2 Å². The fourth-order valence-electron chi connectivity index (χ4n) is 2.27. The lowest BCUT2D eigenvalue weighted by Gasteiger charge is -2.30. The molecule has 0 saturated carbocycles. The molecule has 1 saturated heterocycles. The first-order chi connectivity index (χ1) is 8.97. The van der Waals surface area contributed by atoms with Gasteiger partial charge in [0.1, 0.15) is 11.9 Å². The minimum Gasteiger partial charge on any atom is -0.462 e. The lowest BCUT2D eigenvalue weighted by molar-refractivity contribution is -0.147. The second-order valence-corrected chi connectivity index (χ2v) is 4.55. The number of esters is 1. The predicted octanol–water partition coefficient (Wildman–Crippen LogP) is 2.46. The molecule has 2 rings (SSSR count). The quantitative estimate of drug-likeness (QED) is 0.664. The number of halogens is 3. The molecule has 2 unspecified atom stereocenters. The van der Waals surface area contributed by atoms with Gasteiger partial charge in [-0.3, -0.25) is 4.79 Å². The highest BCUT2D eigenvalue weighted by Crippen LogP contribution is 2.28. The molecule has 3 nitrogen and oxygen atoms in total. The molecule has 0 bridgehead atoms. The highest BCUT2D eigenvalue weighted by atomic mass is 19.2. The number of benzene rings is 1. The zero-order valence-corrected chi connectivity index (χ0v) is 10.4. The Morgan fingerprint density at radius 2 is 1.95 bits per heavy atom. The van der Waals surface area contributed by atoms with Gasteiger partial charge in [-0.2, -0.15) is 0 Å². The van der Waals surface area contributed by atoms with E-state index in [4.69, 9.17) is 4.74 Å². The molecular formula is C13H14F3NO2. The zero-order chi connectivity index (χ0) is 14.0. The fourth-order valence-corrected chi connectivity index (χ4v) is 2.27. The summed E-state index contributed by atoms with van der Waals surface area (Å²) in [5, 5.41) is 3.01. The summed E-state index contributed by atoms with van der Waals surface area (Å²) in [6.07, 6.45) is 0.611. The van der Waals surface area contributed by atoms with Gasteiger partial charge in [0.25, 0.3) is 0 Å². The summed E-state index contributed by atoms with van der Waals surface area (Å²) in [4.78, 5) is 10.9. The topological polar surface area (TPSA) is 38.3 Å². The van der Waals surface area contributed by atoms with Crippen LogP contribution in [-0.2, 0) is 9.53 Å². The van der Waals surface area contributed by atoms with Crippen molar-refractivity contribution in [3.8, 4) is 0 Å². The van der Waals surface area contributed by atoms with Crippen LogP contribution in [0.1, 0.15) is 31.4 Å². The molecule has 6 heteroatoms. The van der Waals surface area contributed by atoms with E-state index in [0.29, 0.717) is 25.5 Å². The van der Waals surface area contributed by atoms with Crippen LogP contribution in [0.2, 0.25) is 0 Å². The lowest BCUT2D eigenvalue weighted by Crippen LogP contribution is -2.36. The van der Waals surface area contributed by atoms with E-state index in [-0.39, 0.29) is 11.7 Å². The number of nitrogens with one attached hydrogen (secondary N) is 1. The molecule has 0 aliphatic carbocycles. The van der Waals surface area contributed by atoms with Crippen molar-refractivity contribution in [2.24, 2.45) is 0 Å². The second kappa shape index (κ2) is 5.61. The molecule has 1 aliphatic rings. The summed E-state index contributed by atoms with van der Waals surface area (Å²) in [7, 11) is 0. The maximum Gasteiger partial charge on any atom is 0.302 e. The van der Waals surface area contributed by atoms with Crippen molar-refractivity contribution in [2.75, 3.05) is 6.54 Å². The first-order valence-corrected chi connectivity index (χ1v) is 6.02. The van der Waals surface area contributed by atoms with Crippen LogP contribution in [-0.4, -0.2) is 18.6 Å². The average Bonchev–Trinajstić information content (AvgIpc) is 2.33. The standard InChI is InChI=1S/C13H14F3NO2/c1-7(18)19-8-2-3-17-13(4-8)9-5-11(15)12(16)6-10(9)14/h5-6,8,13,17H,2-4H2,1H3. The number of ether oxygens (including phenoxy) is 1. The molecule has 104 valence electrons. The van der Waals surface area contributed by atoms with E-state index in [1.54, 1.807) is 0 Å². The van der Waals surface area contributed by atoms with Gasteiger partial charge in [-0.15, -0.1) is 0 Å². The molecular weight excluding hydrogens is 259 g/mol. The molecule has 0 spiro atoms. The van der Waals surface area contributed by atoms with Gasteiger partial charge >= 0.3 is 5.97 Å². The van der Waals surface area contributed by atoms with Gasteiger partial charge in [0, 0.05) is 31.0 Å². The zero-order valence-electron chi connectivity index (χ0n) is 10.4. The largest absolute Gasteiger partial charge is 0.462 e. The van der Waals surface area contributed by atoms with Crippen LogP contribution in [0.5, 0.6) is 0 Å². The molecule has 1 aromatic rings. The van der Waals surface area contributed by atoms with Crippen LogP contribution < -0.4 is 5.32 Å². The summed E-state index contributed by atoms with van der Waals surface area (Å²) < 4.78 is 44.8. The van der Waals surface area contributed by atoms with E-state index in [1.165, 1.54) is 6.92 Å². The molecule has 1 heterocycles. The maximum atomic E-state index is 13.7. The number of hydrogen-bond acceptors (Lipinski definition) is 3. The third-order valence-electron chi connectivity index (χ3n) is 3.10. The Morgan fingerprint density at radius 3 is 2.63 bits per heavy atom. The normalized spacial score (nSPS) is 23.2. The molecule has 2 atom stereocenters. The maximum absolute atomic E-state index is 13.7. The number of carbonyl (C=O) groups is 1.